The summed E-state index contributed by atoms with van der Waals surface area (Å²) in [5.41, 5.74) is 0.832. The summed E-state index contributed by atoms with van der Waals surface area (Å²) in [6, 6.07) is 11.3. The van der Waals surface area contributed by atoms with Crippen molar-refractivity contribution in [2.24, 2.45) is 11.3 Å². The zero-order chi connectivity index (χ0) is 26.6. The number of amides is 2. The van der Waals surface area contributed by atoms with Crippen LogP contribution in [0.25, 0.3) is 10.9 Å². The van der Waals surface area contributed by atoms with E-state index < -0.39 is 23.2 Å². The molecule has 4 rings (SSSR count). The summed E-state index contributed by atoms with van der Waals surface area (Å²) in [5, 5.41) is 10.8. The molecule has 1 atom stereocenters. The quantitative estimate of drug-likeness (QED) is 0.437. The Hall–Kier alpha value is -3.42. The average Bonchev–Trinajstić information content (AvgIpc) is 3.25. The van der Waals surface area contributed by atoms with E-state index in [2.05, 4.69) is 15.7 Å². The summed E-state index contributed by atoms with van der Waals surface area (Å²) < 4.78 is 21.7. The maximum absolute atomic E-state index is 14.9. The molecule has 1 aliphatic rings. The summed E-state index contributed by atoms with van der Waals surface area (Å²) in [6.45, 7) is 6.57. The summed E-state index contributed by atoms with van der Waals surface area (Å²) in [7, 11) is 1.60. The lowest BCUT2D eigenvalue weighted by Gasteiger charge is -2.30. The first kappa shape index (κ1) is 26.6. The first-order valence-corrected chi connectivity index (χ1v) is 13.0. The van der Waals surface area contributed by atoms with E-state index in [0.29, 0.717) is 29.9 Å². The molecule has 1 aromatic heterocycles. The molecule has 0 spiro atoms. The van der Waals surface area contributed by atoms with Gasteiger partial charge in [-0.25, -0.2) is 4.39 Å². The van der Waals surface area contributed by atoms with Crippen LogP contribution in [0.2, 0.25) is 0 Å². The number of hydrogen-bond acceptors (Lipinski definition) is 4. The number of hydrogen-bond donors (Lipinski definition) is 2. The van der Waals surface area contributed by atoms with Gasteiger partial charge in [0.1, 0.15) is 23.1 Å². The van der Waals surface area contributed by atoms with Gasteiger partial charge in [0.15, 0.2) is 5.69 Å². The minimum absolute atomic E-state index is 0.141. The highest BCUT2D eigenvalue weighted by Crippen LogP contribution is 2.29. The van der Waals surface area contributed by atoms with Crippen LogP contribution in [0.5, 0.6) is 5.75 Å². The lowest BCUT2D eigenvalue weighted by molar-refractivity contribution is -0.125. The molecular formula is C29H37FN4O3. The van der Waals surface area contributed by atoms with Crippen molar-refractivity contribution in [3.8, 4) is 5.75 Å². The molecule has 1 heterocycles. The Morgan fingerprint density at radius 1 is 1.11 bits per heavy atom. The Balaban J connectivity index is 1.53. The van der Waals surface area contributed by atoms with Crippen molar-refractivity contribution in [2.75, 3.05) is 7.11 Å². The molecule has 2 aromatic carbocycles. The normalized spacial score (nSPS) is 15.4. The number of methoxy groups -OCH3 is 1. The molecule has 0 unspecified atom stereocenters. The van der Waals surface area contributed by atoms with E-state index in [4.69, 9.17) is 4.74 Å². The van der Waals surface area contributed by atoms with Crippen LogP contribution in [0.3, 0.4) is 0 Å². The van der Waals surface area contributed by atoms with Gasteiger partial charge in [-0.05, 0) is 47.9 Å². The summed E-state index contributed by atoms with van der Waals surface area (Å²) in [6.07, 6.45) is 5.72. The van der Waals surface area contributed by atoms with E-state index in [1.165, 1.54) is 25.3 Å². The molecule has 7 nitrogen and oxygen atoms in total. The third kappa shape index (κ3) is 6.29. The molecule has 2 amide bonds. The van der Waals surface area contributed by atoms with Gasteiger partial charge in [0.25, 0.3) is 5.91 Å². The number of para-hydroxylation sites is 1. The highest BCUT2D eigenvalue weighted by atomic mass is 19.1. The number of nitrogens with one attached hydrogen (secondary N) is 2. The van der Waals surface area contributed by atoms with Gasteiger partial charge in [-0.1, -0.05) is 64.3 Å². The molecule has 37 heavy (non-hydrogen) atoms. The minimum Gasteiger partial charge on any atom is -0.497 e. The Morgan fingerprint density at radius 3 is 2.46 bits per heavy atom. The molecule has 3 aromatic rings. The monoisotopic (exact) mass is 508 g/mol. The van der Waals surface area contributed by atoms with Crippen LogP contribution in [0.1, 0.15) is 68.9 Å². The summed E-state index contributed by atoms with van der Waals surface area (Å²) in [4.78, 5) is 26.7. The first-order valence-electron chi connectivity index (χ1n) is 13.0. The Labute approximate surface area is 217 Å². The molecule has 2 N–H and O–H groups in total. The van der Waals surface area contributed by atoms with E-state index in [0.717, 1.165) is 24.2 Å². The van der Waals surface area contributed by atoms with Gasteiger partial charge >= 0.3 is 0 Å². The number of nitrogens with zero attached hydrogens (tertiary/aromatic N) is 2. The van der Waals surface area contributed by atoms with Crippen LogP contribution in [-0.4, -0.2) is 34.7 Å². The number of ether oxygens (including phenoxy) is 1. The highest BCUT2D eigenvalue weighted by molar-refractivity contribution is 6.06. The third-order valence-corrected chi connectivity index (χ3v) is 7.12. The molecule has 1 saturated carbocycles. The lowest BCUT2D eigenvalue weighted by atomic mass is 9.86. The average molecular weight is 509 g/mol. The maximum Gasteiger partial charge on any atom is 0.273 e. The Morgan fingerprint density at radius 2 is 1.81 bits per heavy atom. The highest BCUT2D eigenvalue weighted by Gasteiger charge is 2.34. The fraction of sp³-hybridized carbons (Fsp3) is 0.483. The van der Waals surface area contributed by atoms with Gasteiger partial charge in [0.2, 0.25) is 5.91 Å². The fourth-order valence-corrected chi connectivity index (χ4v) is 5.02. The van der Waals surface area contributed by atoms with Crippen LogP contribution in [0.4, 0.5) is 4.39 Å². The van der Waals surface area contributed by atoms with Crippen molar-refractivity contribution in [3.05, 3.63) is 59.5 Å². The molecule has 1 fully saturated rings. The zero-order valence-electron chi connectivity index (χ0n) is 22.1. The van der Waals surface area contributed by atoms with Crippen molar-refractivity contribution in [1.82, 2.24) is 20.4 Å². The van der Waals surface area contributed by atoms with Gasteiger partial charge < -0.3 is 15.4 Å². The van der Waals surface area contributed by atoms with E-state index >= 15 is 0 Å². The molecule has 0 radical (unpaired) electrons. The molecule has 0 saturated heterocycles. The summed E-state index contributed by atoms with van der Waals surface area (Å²) in [5.74, 6) is -0.0318. The second kappa shape index (κ2) is 11.3. The SMILES string of the molecule is COc1ccc(CNC(=O)[C@@H](NC(=O)c2nn(CC3CCCCC3)c3c(F)cccc23)C(C)(C)C)cc1. The summed E-state index contributed by atoms with van der Waals surface area (Å²) >= 11 is 0. The van der Waals surface area contributed by atoms with E-state index in [9.17, 15) is 14.0 Å². The molecule has 198 valence electrons. The predicted molar refractivity (Wildman–Crippen MR) is 142 cm³/mol. The fourth-order valence-electron chi connectivity index (χ4n) is 5.02. The molecule has 0 bridgehead atoms. The molecule has 8 heteroatoms. The van der Waals surface area contributed by atoms with Crippen molar-refractivity contribution in [2.45, 2.75) is 72.0 Å². The zero-order valence-corrected chi connectivity index (χ0v) is 22.1. The van der Waals surface area contributed by atoms with Crippen LogP contribution < -0.4 is 15.4 Å². The molecule has 0 aliphatic heterocycles. The number of aromatic nitrogens is 2. The van der Waals surface area contributed by atoms with Gasteiger partial charge in [-0.3, -0.25) is 14.3 Å². The smallest absolute Gasteiger partial charge is 0.273 e. The van der Waals surface area contributed by atoms with Gasteiger partial charge in [-0.2, -0.15) is 5.10 Å². The topological polar surface area (TPSA) is 85.2 Å². The van der Waals surface area contributed by atoms with Gasteiger partial charge in [0, 0.05) is 18.5 Å². The second-order valence-corrected chi connectivity index (χ2v) is 11.0. The van der Waals surface area contributed by atoms with Gasteiger partial charge in [0.05, 0.1) is 7.11 Å². The van der Waals surface area contributed by atoms with Crippen molar-refractivity contribution in [3.63, 3.8) is 0 Å². The number of benzene rings is 2. The number of rotatable bonds is 8. The first-order chi connectivity index (χ1) is 17.7. The number of carbonyl (C=O) groups excluding carboxylic acids is 2. The van der Waals surface area contributed by atoms with Crippen LogP contribution in [0, 0.1) is 17.2 Å². The molecular weight excluding hydrogens is 471 g/mol. The van der Waals surface area contributed by atoms with Crippen molar-refractivity contribution >= 4 is 22.7 Å². The lowest BCUT2D eigenvalue weighted by Crippen LogP contribution is -2.53. The van der Waals surface area contributed by atoms with Crippen LogP contribution in [-0.2, 0) is 17.9 Å². The largest absolute Gasteiger partial charge is 0.497 e. The number of carbonyl (C=O) groups is 2. The van der Waals surface area contributed by atoms with E-state index in [-0.39, 0.29) is 11.6 Å². The van der Waals surface area contributed by atoms with Gasteiger partial charge in [-0.15, -0.1) is 0 Å². The van der Waals surface area contributed by atoms with Crippen molar-refractivity contribution < 1.29 is 18.7 Å². The third-order valence-electron chi connectivity index (χ3n) is 7.12. The second-order valence-electron chi connectivity index (χ2n) is 11.0. The van der Waals surface area contributed by atoms with Crippen molar-refractivity contribution in [1.29, 1.82) is 0 Å². The standard InChI is InChI=1S/C29H37FN4O3/c1-29(2,3)26(28(36)31-17-19-13-15-21(37-4)16-14-19)32-27(35)24-22-11-8-12-23(30)25(22)34(33-24)18-20-9-6-5-7-10-20/h8,11-16,20,26H,5-7,9-10,17-18H2,1-4H3,(H,31,36)(H,32,35)/t26-/m1/s1. The Bertz CT molecular complexity index is 1240. The number of halogens is 1. The maximum atomic E-state index is 14.9. The van der Waals surface area contributed by atoms with Crippen LogP contribution in [0.15, 0.2) is 42.5 Å². The van der Waals surface area contributed by atoms with Crippen LogP contribution >= 0.6 is 0 Å². The molecule has 1 aliphatic carbocycles. The van der Waals surface area contributed by atoms with E-state index in [1.54, 1.807) is 23.9 Å². The minimum atomic E-state index is -0.814. The number of fused-ring (bicyclic) bond motifs is 1. The Kier molecular flexibility index (Phi) is 8.15. The van der Waals surface area contributed by atoms with E-state index in [1.807, 2.05) is 45.0 Å². The predicted octanol–water partition coefficient (Wildman–Crippen LogP) is 5.23.